The fraction of sp³-hybridized carbons (Fsp3) is 0.600. The molecule has 0 unspecified atom stereocenters. The Bertz CT molecular complexity index is 919. The van der Waals surface area contributed by atoms with Crippen molar-refractivity contribution >= 4 is 21.8 Å². The molecule has 3 aliphatic rings. The van der Waals surface area contributed by atoms with Gasteiger partial charge in [-0.15, -0.1) is 0 Å². The Morgan fingerprint density at radius 2 is 1.83 bits per heavy atom. The summed E-state index contributed by atoms with van der Waals surface area (Å²) in [7, 11) is -3.41. The average molecular weight is 439 g/mol. The first-order valence-electron chi connectivity index (χ1n) is 10.4. The molecule has 10 heteroatoms. The van der Waals surface area contributed by atoms with Gasteiger partial charge in [-0.25, -0.2) is 12.8 Å². The van der Waals surface area contributed by atoms with Gasteiger partial charge in [-0.2, -0.15) is 4.31 Å². The zero-order valence-electron chi connectivity index (χ0n) is 16.7. The highest BCUT2D eigenvalue weighted by atomic mass is 32.2. The molecule has 2 heterocycles. The van der Waals surface area contributed by atoms with Crippen LogP contribution in [0.1, 0.15) is 37.7 Å². The molecule has 3 N–H and O–H groups in total. The normalized spacial score (nSPS) is 28.0. The summed E-state index contributed by atoms with van der Waals surface area (Å²) < 4.78 is 39.7. The molecular weight excluding hydrogens is 411 g/mol. The van der Waals surface area contributed by atoms with Crippen molar-refractivity contribution in [3.8, 4) is 0 Å². The van der Waals surface area contributed by atoms with E-state index in [1.165, 1.54) is 16.4 Å². The number of nitrogens with zero attached hydrogens (tertiary/aromatic N) is 2. The van der Waals surface area contributed by atoms with Crippen LogP contribution >= 0.6 is 0 Å². The van der Waals surface area contributed by atoms with E-state index in [0.717, 1.165) is 5.56 Å². The molecule has 8 nitrogen and oxygen atoms in total. The fourth-order valence-electron chi connectivity index (χ4n) is 4.35. The maximum Gasteiger partial charge on any atom is 0.243 e. The third kappa shape index (κ3) is 4.21. The SMILES string of the molecule is N[C@H]1CN(S(=O)(=O)C2CC2)CC[C@H]2CC[C@@H](C(=O)NCc3ccc(F)cc3)N2C1=O. The number of sulfonamides is 1. The Labute approximate surface area is 175 Å². The summed E-state index contributed by atoms with van der Waals surface area (Å²) in [6.45, 7) is 0.497. The Morgan fingerprint density at radius 3 is 2.50 bits per heavy atom. The largest absolute Gasteiger partial charge is 0.350 e. The minimum Gasteiger partial charge on any atom is -0.350 e. The second kappa shape index (κ2) is 8.24. The van der Waals surface area contributed by atoms with Crippen LogP contribution in [0, 0.1) is 5.82 Å². The van der Waals surface area contributed by atoms with Crippen molar-refractivity contribution in [1.82, 2.24) is 14.5 Å². The minimum atomic E-state index is -3.41. The quantitative estimate of drug-likeness (QED) is 0.688. The maximum absolute atomic E-state index is 13.0. The number of hydrogen-bond acceptors (Lipinski definition) is 5. The lowest BCUT2D eigenvalue weighted by atomic mass is 10.1. The molecule has 1 aromatic carbocycles. The van der Waals surface area contributed by atoms with Crippen LogP contribution in [0.2, 0.25) is 0 Å². The smallest absolute Gasteiger partial charge is 0.243 e. The Balaban J connectivity index is 1.43. The van der Waals surface area contributed by atoms with Gasteiger partial charge in [0.25, 0.3) is 0 Å². The molecular formula is C20H27FN4O4S. The van der Waals surface area contributed by atoms with Crippen molar-refractivity contribution in [3.63, 3.8) is 0 Å². The molecule has 3 atom stereocenters. The molecule has 0 spiro atoms. The van der Waals surface area contributed by atoms with Crippen LogP contribution in [0.4, 0.5) is 4.39 Å². The molecule has 0 aromatic heterocycles. The standard InChI is InChI=1S/C20H27FN4O4S/c21-14-3-1-13(2-4-14)11-23-19(26)18-8-5-15-9-10-24(30(28,29)16-6-7-16)12-17(22)20(27)25(15)18/h1-4,15-18H,5-12,22H2,(H,23,26)/t15-,17+,18+/m1/s1. The van der Waals surface area contributed by atoms with E-state index in [1.807, 2.05) is 0 Å². The number of hydrogen-bond donors (Lipinski definition) is 2. The van der Waals surface area contributed by atoms with Gasteiger partial charge in [0.15, 0.2) is 0 Å². The highest BCUT2D eigenvalue weighted by molar-refractivity contribution is 7.90. The highest BCUT2D eigenvalue weighted by Gasteiger charge is 2.47. The lowest BCUT2D eigenvalue weighted by Gasteiger charge is -2.37. The molecule has 30 heavy (non-hydrogen) atoms. The second-order valence-corrected chi connectivity index (χ2v) is 10.5. The molecule has 1 aromatic rings. The Kier molecular flexibility index (Phi) is 5.82. The van der Waals surface area contributed by atoms with Gasteiger partial charge in [0.2, 0.25) is 21.8 Å². The molecule has 1 aliphatic carbocycles. The van der Waals surface area contributed by atoms with Gasteiger partial charge in [-0.1, -0.05) is 12.1 Å². The number of nitrogens with one attached hydrogen (secondary N) is 1. The van der Waals surface area contributed by atoms with E-state index in [0.29, 0.717) is 38.6 Å². The van der Waals surface area contributed by atoms with Gasteiger partial charge in [-0.05, 0) is 49.8 Å². The Morgan fingerprint density at radius 1 is 1.13 bits per heavy atom. The van der Waals surface area contributed by atoms with Gasteiger partial charge in [0.1, 0.15) is 11.9 Å². The summed E-state index contributed by atoms with van der Waals surface area (Å²) in [6.07, 6.45) is 2.95. The first-order valence-corrected chi connectivity index (χ1v) is 11.9. The van der Waals surface area contributed by atoms with Crippen molar-refractivity contribution in [2.75, 3.05) is 13.1 Å². The van der Waals surface area contributed by atoms with Gasteiger partial charge < -0.3 is 16.0 Å². The van der Waals surface area contributed by atoms with Crippen LogP contribution < -0.4 is 11.1 Å². The van der Waals surface area contributed by atoms with E-state index < -0.39 is 22.1 Å². The topological polar surface area (TPSA) is 113 Å². The number of benzene rings is 1. The van der Waals surface area contributed by atoms with E-state index in [2.05, 4.69) is 5.32 Å². The molecule has 0 bridgehead atoms. The zero-order chi connectivity index (χ0) is 21.5. The molecule has 3 fully saturated rings. The van der Waals surface area contributed by atoms with Crippen LogP contribution in [-0.4, -0.2) is 65.9 Å². The third-order valence-corrected chi connectivity index (χ3v) is 8.54. The number of carbonyl (C=O) groups excluding carboxylic acids is 2. The minimum absolute atomic E-state index is 0.0508. The van der Waals surface area contributed by atoms with Crippen LogP contribution in [0.15, 0.2) is 24.3 Å². The van der Waals surface area contributed by atoms with E-state index >= 15 is 0 Å². The summed E-state index contributed by atoms with van der Waals surface area (Å²) in [5.74, 6) is -0.998. The van der Waals surface area contributed by atoms with Gasteiger partial charge in [0.05, 0.1) is 11.3 Å². The number of rotatable bonds is 5. The Hall–Kier alpha value is -2.04. The number of halogens is 1. The molecule has 4 rings (SSSR count). The van der Waals surface area contributed by atoms with Gasteiger partial charge >= 0.3 is 0 Å². The van der Waals surface area contributed by atoms with Crippen LogP contribution in [-0.2, 0) is 26.2 Å². The predicted octanol–water partition coefficient (Wildman–Crippen LogP) is 0.327. The second-order valence-electron chi connectivity index (χ2n) is 8.33. The van der Waals surface area contributed by atoms with Crippen LogP contribution in [0.3, 0.4) is 0 Å². The lowest BCUT2D eigenvalue weighted by molar-refractivity contribution is -0.142. The molecule has 2 aliphatic heterocycles. The van der Waals surface area contributed by atoms with Crippen LogP contribution in [0.25, 0.3) is 0 Å². The molecule has 2 saturated heterocycles. The van der Waals surface area contributed by atoms with E-state index in [-0.39, 0.29) is 42.0 Å². The summed E-state index contributed by atoms with van der Waals surface area (Å²) in [6, 6.07) is 4.03. The fourth-order valence-corrected chi connectivity index (χ4v) is 6.23. The summed E-state index contributed by atoms with van der Waals surface area (Å²) >= 11 is 0. The van der Waals surface area contributed by atoms with Crippen molar-refractivity contribution in [1.29, 1.82) is 0 Å². The highest BCUT2D eigenvalue weighted by Crippen LogP contribution is 2.34. The van der Waals surface area contributed by atoms with E-state index in [1.54, 1.807) is 17.0 Å². The summed E-state index contributed by atoms with van der Waals surface area (Å²) in [5.41, 5.74) is 6.85. The molecule has 2 amide bonds. The average Bonchev–Trinajstić information content (AvgIpc) is 3.50. The first-order chi connectivity index (χ1) is 14.3. The molecule has 0 radical (unpaired) electrons. The van der Waals surface area contributed by atoms with E-state index in [9.17, 15) is 22.4 Å². The number of fused-ring (bicyclic) bond motifs is 1. The summed E-state index contributed by atoms with van der Waals surface area (Å²) in [4.78, 5) is 27.4. The van der Waals surface area contributed by atoms with Crippen molar-refractivity contribution < 1.29 is 22.4 Å². The van der Waals surface area contributed by atoms with Crippen molar-refractivity contribution in [2.45, 2.75) is 62.0 Å². The summed E-state index contributed by atoms with van der Waals surface area (Å²) in [5, 5.41) is 2.48. The van der Waals surface area contributed by atoms with Gasteiger partial charge in [-0.3, -0.25) is 9.59 Å². The number of nitrogens with two attached hydrogens (primary N) is 1. The zero-order valence-corrected chi connectivity index (χ0v) is 17.5. The predicted molar refractivity (Wildman–Crippen MR) is 108 cm³/mol. The van der Waals surface area contributed by atoms with Crippen LogP contribution in [0.5, 0.6) is 0 Å². The van der Waals surface area contributed by atoms with Crippen molar-refractivity contribution in [2.24, 2.45) is 5.73 Å². The third-order valence-electron chi connectivity index (χ3n) is 6.17. The maximum atomic E-state index is 13.0. The monoisotopic (exact) mass is 438 g/mol. The first kappa shape index (κ1) is 21.2. The number of amides is 2. The number of carbonyl (C=O) groups is 2. The molecule has 1 saturated carbocycles. The molecule has 164 valence electrons. The van der Waals surface area contributed by atoms with E-state index in [4.69, 9.17) is 5.73 Å². The lowest BCUT2D eigenvalue weighted by Crippen LogP contribution is -2.59. The van der Waals surface area contributed by atoms with Crippen molar-refractivity contribution in [3.05, 3.63) is 35.6 Å². The van der Waals surface area contributed by atoms with Gasteiger partial charge in [0, 0.05) is 25.7 Å².